The van der Waals surface area contributed by atoms with E-state index >= 15 is 0 Å². The van der Waals surface area contributed by atoms with Crippen molar-refractivity contribution in [1.82, 2.24) is 64.8 Å². The molecule has 15 heteroatoms. The number of para-hydroxylation sites is 2. The van der Waals surface area contributed by atoms with Crippen LogP contribution in [0.2, 0.25) is 0 Å². The Labute approximate surface area is 487 Å². The van der Waals surface area contributed by atoms with Gasteiger partial charge in [-0.25, -0.2) is 54.8 Å². The summed E-state index contributed by atoms with van der Waals surface area (Å²) in [5.74, 6) is 5.00. The van der Waals surface area contributed by atoms with Crippen molar-refractivity contribution in [3.05, 3.63) is 184 Å². The zero-order chi connectivity index (χ0) is 60.2. The van der Waals surface area contributed by atoms with Crippen molar-refractivity contribution in [3.63, 3.8) is 0 Å². The van der Waals surface area contributed by atoms with Gasteiger partial charge in [-0.2, -0.15) is 0 Å². The number of benzene rings is 2. The molecule has 0 spiro atoms. The molecule has 0 amide bonds. The summed E-state index contributed by atoms with van der Waals surface area (Å²) in [6, 6.07) is 31.6. The molecule has 432 valence electrons. The normalized spacial score (nSPS) is 9.78. The fraction of sp³-hybridized carbons (Fsp3) is 0.364. The third-order valence-electron chi connectivity index (χ3n) is 7.66. The molecule has 0 atom stereocenters. The third-order valence-corrected chi connectivity index (χ3v) is 8.50. The summed E-state index contributed by atoms with van der Waals surface area (Å²) < 4.78 is 6.14. The Balaban J connectivity index is 0.000000452. The molecule has 0 saturated carbocycles. The molecule has 10 heterocycles. The van der Waals surface area contributed by atoms with Gasteiger partial charge in [0.15, 0.2) is 16.9 Å². The number of aromatic amines is 1. The Bertz CT molecular complexity index is 2690. The SMILES string of the molecule is CC(C)C.CC(C)C.CC(C)C.CC(C)C.CC(C)C.CC(C)C.c1ccc2ncccc2c1.c1ccc2ncncc2c1.c1cnc2ncccc2c1.c1ncc2[nH]cnc2n1.c1ncc2occc2n1.c1ncc2sccc2n1. The van der Waals surface area contributed by atoms with E-state index in [0.29, 0.717) is 5.65 Å². The maximum absolute atomic E-state index is 4.99. The molecular formula is C66H91N13OS. The number of hydrogen-bond acceptors (Lipinski definition) is 14. The molecule has 12 aromatic rings. The standard InChI is InChI=1S/C9H7N.2C8H6N2.C6H4N2O.C6H4N2S.C5H4N4.6C4H10/c1-2-6-9-8(4-1)5-3-7-10-9;1-3-7-4-2-6-10-8(7)9-5-1;1-2-4-8-7(3-1)5-9-6-10-8;2*1-2-9-6-3-7-4-8-5(1)6;1-4-5(8-2-6-1)9-3-7-4;6*1-4(2)3/h1-7H;2*1-6H;2*1-4H;1-3H,(H,6,7,8,9);6*4H,1-3H3. The summed E-state index contributed by atoms with van der Waals surface area (Å²) in [6.45, 7) is 39.0. The van der Waals surface area contributed by atoms with Gasteiger partial charge >= 0.3 is 0 Å². The van der Waals surface area contributed by atoms with E-state index in [1.807, 2.05) is 103 Å². The van der Waals surface area contributed by atoms with Crippen LogP contribution in [0, 0.1) is 35.5 Å². The molecule has 14 nitrogen and oxygen atoms in total. The Morgan fingerprint density at radius 1 is 0.358 bits per heavy atom. The number of thiophene rings is 1. The average Bonchev–Trinajstić information content (AvgIpc) is 4.24. The number of fused-ring (bicyclic) bond motifs is 6. The van der Waals surface area contributed by atoms with Gasteiger partial charge in [0.2, 0.25) is 0 Å². The predicted molar refractivity (Wildman–Crippen MR) is 345 cm³/mol. The second-order valence-electron chi connectivity index (χ2n) is 21.8. The highest BCUT2D eigenvalue weighted by atomic mass is 32.1. The Kier molecular flexibility index (Phi) is 38.4. The van der Waals surface area contributed by atoms with E-state index in [1.165, 1.54) is 18.0 Å². The molecule has 2 aromatic carbocycles. The molecule has 0 unspecified atom stereocenters. The van der Waals surface area contributed by atoms with Gasteiger partial charge in [0.1, 0.15) is 36.3 Å². The van der Waals surface area contributed by atoms with Gasteiger partial charge in [-0.15, -0.1) is 11.3 Å². The smallest absolute Gasteiger partial charge is 0.180 e. The molecule has 0 fully saturated rings. The highest BCUT2D eigenvalue weighted by molar-refractivity contribution is 7.17. The summed E-state index contributed by atoms with van der Waals surface area (Å²) in [5.41, 5.74) is 7.08. The number of nitrogens with zero attached hydrogens (tertiary/aromatic N) is 12. The minimum Gasteiger partial charge on any atom is -0.461 e. The van der Waals surface area contributed by atoms with Crippen molar-refractivity contribution < 1.29 is 4.42 Å². The molecule has 0 saturated heterocycles. The van der Waals surface area contributed by atoms with Gasteiger partial charge in [0.25, 0.3) is 0 Å². The van der Waals surface area contributed by atoms with Crippen LogP contribution in [0.1, 0.15) is 125 Å². The number of pyridine rings is 3. The van der Waals surface area contributed by atoms with E-state index < -0.39 is 0 Å². The van der Waals surface area contributed by atoms with Crippen LogP contribution in [0.25, 0.3) is 65.3 Å². The van der Waals surface area contributed by atoms with Crippen LogP contribution < -0.4 is 0 Å². The lowest BCUT2D eigenvalue weighted by Gasteiger charge is -1.91. The third kappa shape index (κ3) is 37.5. The van der Waals surface area contributed by atoms with Gasteiger partial charge in [-0.05, 0) is 89.4 Å². The summed E-state index contributed by atoms with van der Waals surface area (Å²) >= 11 is 1.66. The van der Waals surface area contributed by atoms with Crippen molar-refractivity contribution in [3.8, 4) is 0 Å². The lowest BCUT2D eigenvalue weighted by molar-refractivity contribution is 0.613. The van der Waals surface area contributed by atoms with Crippen LogP contribution in [0.3, 0.4) is 0 Å². The first-order valence-electron chi connectivity index (χ1n) is 27.7. The molecular weight excluding hydrogens is 1020 g/mol. The first-order chi connectivity index (χ1) is 38.7. The molecule has 81 heavy (non-hydrogen) atoms. The largest absolute Gasteiger partial charge is 0.461 e. The number of nitrogens with one attached hydrogen (secondary N) is 1. The second-order valence-corrected chi connectivity index (χ2v) is 22.7. The van der Waals surface area contributed by atoms with Crippen molar-refractivity contribution in [1.29, 1.82) is 0 Å². The van der Waals surface area contributed by atoms with E-state index in [2.05, 4.69) is 202 Å². The predicted octanol–water partition coefficient (Wildman–Crippen LogP) is 18.7. The fourth-order valence-electron chi connectivity index (χ4n) is 4.97. The molecule has 10 aromatic heterocycles. The summed E-state index contributed by atoms with van der Waals surface area (Å²) in [4.78, 5) is 50.4. The lowest BCUT2D eigenvalue weighted by atomic mass is 10.2. The molecule has 0 radical (unpaired) electrons. The quantitative estimate of drug-likeness (QED) is 0.151. The number of hydrogen-bond donors (Lipinski definition) is 1. The zero-order valence-corrected chi connectivity index (χ0v) is 52.3. The summed E-state index contributed by atoms with van der Waals surface area (Å²) in [6.07, 6.45) is 21.6. The highest BCUT2D eigenvalue weighted by Gasteiger charge is 1.94. The molecule has 0 aliphatic heterocycles. The molecule has 0 aliphatic carbocycles. The van der Waals surface area contributed by atoms with Crippen LogP contribution in [-0.2, 0) is 0 Å². The topological polar surface area (TPSA) is 184 Å². The fourth-order valence-corrected chi connectivity index (χ4v) is 5.67. The van der Waals surface area contributed by atoms with E-state index in [4.69, 9.17) is 4.42 Å². The number of aromatic nitrogens is 13. The van der Waals surface area contributed by atoms with Gasteiger partial charge < -0.3 is 9.40 Å². The van der Waals surface area contributed by atoms with E-state index in [-0.39, 0.29) is 0 Å². The Hall–Kier alpha value is -8.04. The monoisotopic (exact) mass is 1110 g/mol. The molecule has 0 bridgehead atoms. The van der Waals surface area contributed by atoms with Crippen LogP contribution in [0.15, 0.2) is 188 Å². The molecule has 12 rings (SSSR count). The van der Waals surface area contributed by atoms with E-state index in [9.17, 15) is 0 Å². The number of imidazole rings is 1. The number of furan rings is 1. The van der Waals surface area contributed by atoms with Crippen LogP contribution >= 0.6 is 11.3 Å². The Morgan fingerprint density at radius 3 is 1.30 bits per heavy atom. The molecule has 0 aliphatic rings. The van der Waals surface area contributed by atoms with Crippen molar-refractivity contribution >= 4 is 76.7 Å². The Morgan fingerprint density at radius 2 is 0.790 bits per heavy atom. The maximum atomic E-state index is 4.99. The van der Waals surface area contributed by atoms with Gasteiger partial charge in [0, 0.05) is 53.2 Å². The van der Waals surface area contributed by atoms with Crippen molar-refractivity contribution in [2.45, 2.75) is 125 Å². The minimum atomic E-state index is 0.713. The summed E-state index contributed by atoms with van der Waals surface area (Å²) in [7, 11) is 0. The van der Waals surface area contributed by atoms with Crippen LogP contribution in [0.4, 0.5) is 0 Å². The van der Waals surface area contributed by atoms with Gasteiger partial charge in [-0.3, -0.25) is 4.98 Å². The minimum absolute atomic E-state index is 0.713. The first-order valence-corrected chi connectivity index (χ1v) is 28.5. The average molecular weight is 1110 g/mol. The van der Waals surface area contributed by atoms with Gasteiger partial charge in [-0.1, -0.05) is 167 Å². The van der Waals surface area contributed by atoms with Crippen molar-refractivity contribution in [2.24, 2.45) is 35.5 Å². The number of H-pyrrole nitrogens is 1. The van der Waals surface area contributed by atoms with E-state index in [1.54, 1.807) is 67.4 Å². The first kappa shape index (κ1) is 71.0. The van der Waals surface area contributed by atoms with Crippen LogP contribution in [0.5, 0.6) is 0 Å². The van der Waals surface area contributed by atoms with Crippen LogP contribution in [-0.4, -0.2) is 64.8 Å². The molecule has 1 N–H and O–H groups in total. The van der Waals surface area contributed by atoms with Gasteiger partial charge in [0.05, 0.1) is 46.2 Å². The maximum Gasteiger partial charge on any atom is 0.180 e. The second kappa shape index (κ2) is 43.8. The number of rotatable bonds is 0. The van der Waals surface area contributed by atoms with E-state index in [0.717, 1.165) is 89.8 Å². The van der Waals surface area contributed by atoms with Crippen molar-refractivity contribution in [2.75, 3.05) is 0 Å². The lowest BCUT2D eigenvalue weighted by Crippen LogP contribution is -1.78. The summed E-state index contributed by atoms with van der Waals surface area (Å²) in [5, 5.41) is 5.39. The highest BCUT2D eigenvalue weighted by Crippen LogP contribution is 2.15. The zero-order valence-electron chi connectivity index (χ0n) is 51.5.